The lowest BCUT2D eigenvalue weighted by atomic mass is 9.95. The fourth-order valence-corrected chi connectivity index (χ4v) is 5.45. The maximum atomic E-state index is 12.1. The van der Waals surface area contributed by atoms with Gasteiger partial charge in [0.15, 0.2) is 5.16 Å². The van der Waals surface area contributed by atoms with E-state index in [0.29, 0.717) is 23.4 Å². The molecule has 0 aromatic carbocycles. The van der Waals surface area contributed by atoms with Crippen molar-refractivity contribution in [2.24, 2.45) is 0 Å². The Morgan fingerprint density at radius 3 is 2.85 bits per heavy atom. The number of carbonyl (C=O) groups excluding carboxylic acids is 2. The number of thioether (sulfide) groups is 2. The molecule has 0 N–H and O–H groups in total. The van der Waals surface area contributed by atoms with Gasteiger partial charge in [0.2, 0.25) is 5.91 Å². The van der Waals surface area contributed by atoms with Crippen LogP contribution in [0.5, 0.6) is 0 Å². The molecule has 7 nitrogen and oxygen atoms in total. The van der Waals surface area contributed by atoms with Crippen molar-refractivity contribution >= 4 is 35.4 Å². The predicted octanol–water partition coefficient (Wildman–Crippen LogP) is 3.16. The minimum absolute atomic E-state index is 0.0429. The summed E-state index contributed by atoms with van der Waals surface area (Å²) in [7, 11) is 1.34. The van der Waals surface area contributed by atoms with Crippen molar-refractivity contribution in [1.82, 2.24) is 19.7 Å². The van der Waals surface area contributed by atoms with E-state index in [0.717, 1.165) is 23.2 Å². The highest BCUT2D eigenvalue weighted by molar-refractivity contribution is 8.04. The highest BCUT2D eigenvalue weighted by Crippen LogP contribution is 2.33. The Labute approximate surface area is 168 Å². The van der Waals surface area contributed by atoms with Crippen molar-refractivity contribution in [2.75, 3.05) is 25.2 Å². The molecule has 3 rings (SSSR count). The van der Waals surface area contributed by atoms with Crippen LogP contribution < -0.4 is 0 Å². The molecule has 0 unspecified atom stereocenters. The lowest BCUT2D eigenvalue weighted by Crippen LogP contribution is -2.26. The summed E-state index contributed by atoms with van der Waals surface area (Å²) < 4.78 is 6.96. The van der Waals surface area contributed by atoms with Gasteiger partial charge < -0.3 is 14.2 Å². The second-order valence-corrected chi connectivity index (χ2v) is 8.79. The molecule has 0 atom stereocenters. The molecule has 0 bridgehead atoms. The van der Waals surface area contributed by atoms with Gasteiger partial charge in [-0.05, 0) is 26.2 Å². The summed E-state index contributed by atoms with van der Waals surface area (Å²) >= 11 is 3.08. The molecule has 0 spiro atoms. The molecule has 148 valence electrons. The molecule has 2 aliphatic rings. The fourth-order valence-electron chi connectivity index (χ4n) is 3.52. The molecule has 2 fully saturated rings. The molecular formula is C18H26N4O3S2. The third kappa shape index (κ3) is 5.07. The number of hydrogen-bond donors (Lipinski definition) is 0. The van der Waals surface area contributed by atoms with E-state index < -0.39 is 5.97 Å². The molecule has 1 aromatic rings. The number of amides is 1. The third-order valence-corrected chi connectivity index (χ3v) is 6.94. The van der Waals surface area contributed by atoms with Crippen molar-refractivity contribution in [1.29, 1.82) is 0 Å². The zero-order valence-corrected chi connectivity index (χ0v) is 17.5. The summed E-state index contributed by atoms with van der Waals surface area (Å²) in [5.74, 6) is 1.83. The Morgan fingerprint density at radius 2 is 2.11 bits per heavy atom. The normalized spacial score (nSPS) is 19.9. The van der Waals surface area contributed by atoms with Crippen molar-refractivity contribution in [3.63, 3.8) is 0 Å². The Kier molecular flexibility index (Phi) is 7.23. The van der Waals surface area contributed by atoms with Crippen LogP contribution in [0.25, 0.3) is 0 Å². The number of nitrogens with zero attached hydrogens (tertiary/aromatic N) is 4. The number of rotatable bonds is 7. The van der Waals surface area contributed by atoms with E-state index in [1.54, 1.807) is 16.7 Å². The van der Waals surface area contributed by atoms with E-state index in [-0.39, 0.29) is 5.91 Å². The quantitative estimate of drug-likeness (QED) is 0.296. The van der Waals surface area contributed by atoms with Gasteiger partial charge in [0.25, 0.3) is 0 Å². The molecule has 1 amide bonds. The standard InChI is InChI=1S/C18H26N4O3S2/c1-13-19-20-18(22(13)14-7-4-3-5-8-14)26-10-6-9-21-15(23)12-27-16(21)11-17(24)25-2/h11,14H,3-10,12H2,1-2H3/b16-11+. The third-order valence-electron chi connectivity index (χ3n) is 4.89. The van der Waals surface area contributed by atoms with Gasteiger partial charge in [0.1, 0.15) is 5.82 Å². The lowest BCUT2D eigenvalue weighted by Gasteiger charge is -2.25. The number of hydrogen-bond acceptors (Lipinski definition) is 7. The van der Waals surface area contributed by atoms with Crippen LogP contribution in [0.3, 0.4) is 0 Å². The van der Waals surface area contributed by atoms with Crippen LogP contribution in [0.4, 0.5) is 0 Å². The van der Waals surface area contributed by atoms with Gasteiger partial charge in [0, 0.05) is 18.3 Å². The second kappa shape index (κ2) is 9.64. The van der Waals surface area contributed by atoms with Crippen molar-refractivity contribution in [3.8, 4) is 0 Å². The van der Waals surface area contributed by atoms with Crippen LogP contribution >= 0.6 is 23.5 Å². The number of aryl methyl sites for hydroxylation is 1. The first kappa shape index (κ1) is 20.3. The predicted molar refractivity (Wildman–Crippen MR) is 106 cm³/mol. The van der Waals surface area contributed by atoms with Crippen molar-refractivity contribution < 1.29 is 14.3 Å². The van der Waals surface area contributed by atoms with E-state index in [1.807, 2.05) is 6.92 Å². The van der Waals surface area contributed by atoms with Crippen LogP contribution in [0.15, 0.2) is 16.3 Å². The van der Waals surface area contributed by atoms with E-state index in [2.05, 4.69) is 19.5 Å². The van der Waals surface area contributed by atoms with Gasteiger partial charge in [-0.15, -0.1) is 10.2 Å². The van der Waals surface area contributed by atoms with Gasteiger partial charge in [-0.25, -0.2) is 4.79 Å². The molecule has 1 saturated heterocycles. The Balaban J connectivity index is 1.54. The van der Waals surface area contributed by atoms with Crippen molar-refractivity contribution in [2.45, 2.75) is 56.6 Å². The first-order valence-electron chi connectivity index (χ1n) is 9.37. The molecule has 2 heterocycles. The smallest absolute Gasteiger partial charge is 0.333 e. The van der Waals surface area contributed by atoms with Gasteiger partial charge >= 0.3 is 5.97 Å². The van der Waals surface area contributed by atoms with Crippen LogP contribution in [-0.2, 0) is 14.3 Å². The summed E-state index contributed by atoms with van der Waals surface area (Å²) in [5, 5.41) is 10.3. The fraction of sp³-hybridized carbons (Fsp3) is 0.667. The second-order valence-electron chi connectivity index (χ2n) is 6.73. The highest BCUT2D eigenvalue weighted by Gasteiger charge is 2.27. The molecule has 0 radical (unpaired) electrons. The van der Waals surface area contributed by atoms with Gasteiger partial charge in [-0.2, -0.15) is 0 Å². The number of aromatic nitrogens is 3. The van der Waals surface area contributed by atoms with Gasteiger partial charge in [-0.1, -0.05) is 42.8 Å². The Bertz CT molecular complexity index is 713. The largest absolute Gasteiger partial charge is 0.466 e. The average Bonchev–Trinajstić information content (AvgIpc) is 3.22. The van der Waals surface area contributed by atoms with Gasteiger partial charge in [0.05, 0.1) is 24.0 Å². The number of ether oxygens (including phenoxy) is 1. The SMILES string of the molecule is COC(=O)/C=C1/SCC(=O)N1CCCSc1nnc(C)n1C1CCCCC1. The number of carbonyl (C=O) groups is 2. The van der Waals surface area contributed by atoms with Crippen LogP contribution in [0, 0.1) is 6.92 Å². The molecule has 27 heavy (non-hydrogen) atoms. The van der Waals surface area contributed by atoms with E-state index in [4.69, 9.17) is 0 Å². The van der Waals surface area contributed by atoms with Crippen LogP contribution in [0.1, 0.15) is 50.4 Å². The Hall–Kier alpha value is -1.48. The number of esters is 1. The maximum Gasteiger partial charge on any atom is 0.333 e. The topological polar surface area (TPSA) is 77.3 Å². The van der Waals surface area contributed by atoms with Crippen LogP contribution in [0.2, 0.25) is 0 Å². The number of methoxy groups -OCH3 is 1. The minimum Gasteiger partial charge on any atom is -0.466 e. The van der Waals surface area contributed by atoms with Crippen LogP contribution in [-0.4, -0.2) is 56.7 Å². The monoisotopic (exact) mass is 410 g/mol. The molecule has 1 aliphatic heterocycles. The summed E-state index contributed by atoms with van der Waals surface area (Å²) in [6.07, 6.45) is 8.50. The summed E-state index contributed by atoms with van der Waals surface area (Å²) in [4.78, 5) is 25.2. The molecule has 1 aromatic heterocycles. The Morgan fingerprint density at radius 1 is 1.33 bits per heavy atom. The minimum atomic E-state index is -0.428. The highest BCUT2D eigenvalue weighted by atomic mass is 32.2. The molecule has 1 saturated carbocycles. The average molecular weight is 411 g/mol. The van der Waals surface area contributed by atoms with E-state index >= 15 is 0 Å². The molecule has 9 heteroatoms. The maximum absolute atomic E-state index is 12.1. The van der Waals surface area contributed by atoms with E-state index in [9.17, 15) is 9.59 Å². The summed E-state index contributed by atoms with van der Waals surface area (Å²) in [5.41, 5.74) is 0. The van der Waals surface area contributed by atoms with Gasteiger partial charge in [-0.3, -0.25) is 4.79 Å². The van der Waals surface area contributed by atoms with E-state index in [1.165, 1.54) is 57.1 Å². The zero-order chi connectivity index (χ0) is 19.2. The zero-order valence-electron chi connectivity index (χ0n) is 15.8. The summed E-state index contributed by atoms with van der Waals surface area (Å²) in [6, 6.07) is 0.516. The first-order valence-corrected chi connectivity index (χ1v) is 11.3. The first-order chi connectivity index (χ1) is 13.1. The molecular weight excluding hydrogens is 384 g/mol. The molecule has 1 aliphatic carbocycles. The lowest BCUT2D eigenvalue weighted by molar-refractivity contribution is -0.134. The van der Waals surface area contributed by atoms with Crippen molar-refractivity contribution in [3.05, 3.63) is 16.9 Å². The summed E-state index contributed by atoms with van der Waals surface area (Å²) in [6.45, 7) is 2.62.